The second kappa shape index (κ2) is 5.44. The summed E-state index contributed by atoms with van der Waals surface area (Å²) in [6, 6.07) is 5.47. The summed E-state index contributed by atoms with van der Waals surface area (Å²) >= 11 is 4.25. The summed E-state index contributed by atoms with van der Waals surface area (Å²) in [6.07, 6.45) is 1.76. The monoisotopic (exact) mass is 280 g/mol. The topological polar surface area (TPSA) is 50.8 Å². The maximum absolute atomic E-state index is 11.9. The van der Waals surface area contributed by atoms with Crippen LogP contribution in [0.2, 0.25) is 0 Å². The first kappa shape index (κ1) is 13.6. The predicted molar refractivity (Wildman–Crippen MR) is 76.2 cm³/mol. The lowest BCUT2D eigenvalue weighted by Gasteiger charge is -2.11. The van der Waals surface area contributed by atoms with Crippen LogP contribution in [0.5, 0.6) is 11.5 Å². The van der Waals surface area contributed by atoms with E-state index >= 15 is 0 Å². The fourth-order valence-corrected chi connectivity index (χ4v) is 2.06. The van der Waals surface area contributed by atoms with Crippen molar-refractivity contribution in [2.75, 3.05) is 21.3 Å². The van der Waals surface area contributed by atoms with Crippen LogP contribution in [0.1, 0.15) is 5.56 Å². The highest BCUT2D eigenvalue weighted by atomic mass is 32.1. The van der Waals surface area contributed by atoms with Crippen molar-refractivity contribution in [1.82, 2.24) is 10.2 Å². The van der Waals surface area contributed by atoms with Crippen LogP contribution in [0.15, 0.2) is 23.9 Å². The van der Waals surface area contributed by atoms with E-state index < -0.39 is 0 Å². The lowest BCUT2D eigenvalue weighted by Crippen LogP contribution is -2.28. The zero-order valence-electron chi connectivity index (χ0n) is 11.0. The van der Waals surface area contributed by atoms with Gasteiger partial charge in [-0.1, -0.05) is 6.07 Å². The number of thiol groups is 1. The number of ether oxygens (including phenoxy) is 2. The SMILES string of the molecule is COc1ccc(/C=C2\NC(S)N(C)C2=O)cc1OC. The Morgan fingerprint density at radius 2 is 2.00 bits per heavy atom. The van der Waals surface area contributed by atoms with Crippen LogP contribution >= 0.6 is 12.6 Å². The smallest absolute Gasteiger partial charge is 0.272 e. The number of nitrogens with zero attached hydrogens (tertiary/aromatic N) is 1. The summed E-state index contributed by atoms with van der Waals surface area (Å²) in [7, 11) is 4.85. The molecule has 6 heteroatoms. The number of rotatable bonds is 3. The Morgan fingerprint density at radius 1 is 1.32 bits per heavy atom. The van der Waals surface area contributed by atoms with Crippen LogP contribution in [0.25, 0.3) is 6.08 Å². The van der Waals surface area contributed by atoms with Crippen molar-refractivity contribution in [2.24, 2.45) is 0 Å². The van der Waals surface area contributed by atoms with Gasteiger partial charge < -0.3 is 19.7 Å². The second-order valence-electron chi connectivity index (χ2n) is 4.11. The van der Waals surface area contributed by atoms with Crippen molar-refractivity contribution in [3.63, 3.8) is 0 Å². The molecule has 0 radical (unpaired) electrons. The molecule has 0 spiro atoms. The van der Waals surface area contributed by atoms with Gasteiger partial charge in [-0.05, 0) is 23.8 Å². The van der Waals surface area contributed by atoms with Gasteiger partial charge >= 0.3 is 0 Å². The van der Waals surface area contributed by atoms with Gasteiger partial charge in [-0.15, -0.1) is 12.6 Å². The van der Waals surface area contributed by atoms with E-state index in [-0.39, 0.29) is 11.4 Å². The van der Waals surface area contributed by atoms with Crippen LogP contribution in [0.3, 0.4) is 0 Å². The zero-order chi connectivity index (χ0) is 14.0. The zero-order valence-corrected chi connectivity index (χ0v) is 11.9. The van der Waals surface area contributed by atoms with Crippen molar-refractivity contribution < 1.29 is 14.3 Å². The number of carbonyl (C=O) groups excluding carboxylic acids is 1. The number of nitrogens with one attached hydrogen (secondary N) is 1. The third-order valence-corrected chi connectivity index (χ3v) is 3.40. The first-order valence-electron chi connectivity index (χ1n) is 5.72. The molecule has 1 aliphatic rings. The van der Waals surface area contributed by atoms with Crippen molar-refractivity contribution in [1.29, 1.82) is 0 Å². The summed E-state index contributed by atoms with van der Waals surface area (Å²) in [5.74, 6) is 1.19. The molecule has 102 valence electrons. The van der Waals surface area contributed by atoms with E-state index in [4.69, 9.17) is 9.47 Å². The lowest BCUT2D eigenvalue weighted by atomic mass is 10.1. The normalized spacial score (nSPS) is 20.6. The summed E-state index contributed by atoms with van der Waals surface area (Å²) in [5, 5.41) is 3.00. The fraction of sp³-hybridized carbons (Fsp3) is 0.308. The van der Waals surface area contributed by atoms with Gasteiger partial charge in [0.15, 0.2) is 11.5 Å². The predicted octanol–water partition coefficient (Wildman–Crippen LogP) is 1.32. The fourth-order valence-electron chi connectivity index (χ4n) is 1.81. The maximum atomic E-state index is 11.9. The minimum Gasteiger partial charge on any atom is -0.493 e. The first-order valence-corrected chi connectivity index (χ1v) is 6.24. The summed E-state index contributed by atoms with van der Waals surface area (Å²) in [5.41, 5.74) is 1.07. The summed E-state index contributed by atoms with van der Waals surface area (Å²) in [6.45, 7) is 0. The maximum Gasteiger partial charge on any atom is 0.272 e. The van der Waals surface area contributed by atoms with E-state index in [1.807, 2.05) is 12.1 Å². The third-order valence-electron chi connectivity index (χ3n) is 2.92. The molecule has 2 rings (SSSR count). The van der Waals surface area contributed by atoms with E-state index in [9.17, 15) is 4.79 Å². The van der Waals surface area contributed by atoms with Gasteiger partial charge in [-0.25, -0.2) is 0 Å². The summed E-state index contributed by atoms with van der Waals surface area (Å²) < 4.78 is 10.4. The highest BCUT2D eigenvalue weighted by Crippen LogP contribution is 2.28. The van der Waals surface area contributed by atoms with Crippen LogP contribution in [0, 0.1) is 0 Å². The van der Waals surface area contributed by atoms with Crippen LogP contribution in [-0.4, -0.2) is 37.6 Å². The molecular weight excluding hydrogens is 264 g/mol. The molecule has 1 fully saturated rings. The molecule has 0 aromatic heterocycles. The van der Waals surface area contributed by atoms with Gasteiger partial charge in [-0.2, -0.15) is 0 Å². The number of methoxy groups -OCH3 is 2. The van der Waals surface area contributed by atoms with Gasteiger partial charge in [0.2, 0.25) is 0 Å². The van der Waals surface area contributed by atoms with E-state index in [1.165, 1.54) is 4.90 Å². The largest absolute Gasteiger partial charge is 0.493 e. The van der Waals surface area contributed by atoms with Gasteiger partial charge in [0.05, 0.1) is 14.2 Å². The van der Waals surface area contributed by atoms with Crippen molar-refractivity contribution in [3.8, 4) is 11.5 Å². The molecule has 1 aromatic rings. The van der Waals surface area contributed by atoms with Gasteiger partial charge in [0.1, 0.15) is 11.2 Å². The average Bonchev–Trinajstić information content (AvgIpc) is 2.66. The van der Waals surface area contributed by atoms with E-state index in [0.29, 0.717) is 17.2 Å². The number of amides is 1. The molecule has 5 nitrogen and oxygen atoms in total. The molecule has 0 saturated carbocycles. The standard InChI is InChI=1S/C13H16N2O3S/c1-15-12(16)9(14-13(15)19)6-8-4-5-10(17-2)11(7-8)18-3/h4-7,13-14,19H,1-3H3/b9-6-. The van der Waals surface area contributed by atoms with Crippen LogP contribution in [-0.2, 0) is 4.79 Å². The highest BCUT2D eigenvalue weighted by Gasteiger charge is 2.28. The van der Waals surface area contributed by atoms with E-state index in [0.717, 1.165) is 5.56 Å². The molecular formula is C13H16N2O3S. The molecule has 1 amide bonds. The molecule has 0 bridgehead atoms. The lowest BCUT2D eigenvalue weighted by molar-refractivity contribution is -0.123. The number of hydrogen-bond donors (Lipinski definition) is 2. The Morgan fingerprint density at radius 3 is 2.53 bits per heavy atom. The second-order valence-corrected chi connectivity index (χ2v) is 4.60. The molecule has 1 N–H and O–H groups in total. The Bertz CT molecular complexity index is 531. The van der Waals surface area contributed by atoms with E-state index in [1.54, 1.807) is 33.4 Å². The highest BCUT2D eigenvalue weighted by molar-refractivity contribution is 7.80. The quantitative estimate of drug-likeness (QED) is 0.648. The Labute approximate surface area is 117 Å². The average molecular weight is 280 g/mol. The van der Waals surface area contributed by atoms with Crippen molar-refractivity contribution >= 4 is 24.6 Å². The molecule has 19 heavy (non-hydrogen) atoms. The Kier molecular flexibility index (Phi) is 3.90. The van der Waals surface area contributed by atoms with Crippen molar-refractivity contribution in [2.45, 2.75) is 5.50 Å². The molecule has 1 unspecified atom stereocenters. The van der Waals surface area contributed by atoms with Gasteiger partial charge in [-0.3, -0.25) is 4.79 Å². The van der Waals surface area contributed by atoms with Crippen molar-refractivity contribution in [3.05, 3.63) is 29.5 Å². The molecule has 1 heterocycles. The van der Waals surface area contributed by atoms with Crippen LogP contribution in [0.4, 0.5) is 0 Å². The van der Waals surface area contributed by atoms with Gasteiger partial charge in [0, 0.05) is 7.05 Å². The Balaban J connectivity index is 2.31. The first-order chi connectivity index (χ1) is 9.06. The number of carbonyl (C=O) groups is 1. The molecule has 1 aliphatic heterocycles. The van der Waals surface area contributed by atoms with Gasteiger partial charge in [0.25, 0.3) is 5.91 Å². The molecule has 1 atom stereocenters. The number of benzene rings is 1. The minimum atomic E-state index is -0.293. The van der Waals surface area contributed by atoms with E-state index in [2.05, 4.69) is 17.9 Å². The number of likely N-dealkylation sites (N-methyl/N-ethyl adjacent to an activating group) is 1. The van der Waals surface area contributed by atoms with Crippen LogP contribution < -0.4 is 14.8 Å². The summed E-state index contributed by atoms with van der Waals surface area (Å²) in [4.78, 5) is 13.4. The Hall–Kier alpha value is -1.82. The number of hydrogen-bond acceptors (Lipinski definition) is 5. The molecule has 1 aromatic carbocycles. The minimum absolute atomic E-state index is 0.0882. The third kappa shape index (κ3) is 2.63. The molecule has 0 aliphatic carbocycles. The molecule has 1 saturated heterocycles.